The lowest BCUT2D eigenvalue weighted by Crippen LogP contribution is -2.46. The molecule has 1 aliphatic carbocycles. The number of carbonyl (C=O) groups is 2. The van der Waals surface area contributed by atoms with Crippen LogP contribution in [0.15, 0.2) is 24.3 Å². The number of rotatable bonds is 2. The molecule has 2 amide bonds. The fourth-order valence-electron chi connectivity index (χ4n) is 4.22. The average molecular weight is 315 g/mol. The lowest BCUT2D eigenvalue weighted by atomic mass is 10.0. The number of hydrogen-bond donors (Lipinski definition) is 0. The smallest absolute Gasteiger partial charge is 0.261 e. The van der Waals surface area contributed by atoms with Gasteiger partial charge in [-0.25, -0.2) is 0 Å². The average Bonchev–Trinajstić information content (AvgIpc) is 3.08. The van der Waals surface area contributed by atoms with E-state index in [4.69, 9.17) is 9.47 Å². The van der Waals surface area contributed by atoms with Gasteiger partial charge in [-0.1, -0.05) is 25.5 Å². The molecule has 1 saturated heterocycles. The topological polar surface area (TPSA) is 55.8 Å². The van der Waals surface area contributed by atoms with Crippen LogP contribution in [-0.2, 0) is 9.47 Å². The quantitative estimate of drug-likeness (QED) is 0.787. The van der Waals surface area contributed by atoms with Gasteiger partial charge in [0.05, 0.1) is 23.3 Å². The molecule has 2 fully saturated rings. The summed E-state index contributed by atoms with van der Waals surface area (Å²) in [4.78, 5) is 26.9. The zero-order valence-electron chi connectivity index (χ0n) is 13.6. The highest BCUT2D eigenvalue weighted by Crippen LogP contribution is 2.46. The standard InChI is InChI=1S/C18H21NO4/c1-4-10-9-13(15-14(10)22-18(2,3)23-15)19-16(20)11-7-5-6-8-12(11)17(19)21/h5-8,10,13-15H,4,9H2,1-3H3/t10-,13+,14+,15-/m0/s1. The highest BCUT2D eigenvalue weighted by Gasteiger charge is 2.57. The number of hydrogen-bond acceptors (Lipinski definition) is 4. The van der Waals surface area contributed by atoms with E-state index in [0.717, 1.165) is 12.8 Å². The molecule has 0 bridgehead atoms. The van der Waals surface area contributed by atoms with Crippen molar-refractivity contribution in [2.75, 3.05) is 0 Å². The molecular formula is C18H21NO4. The second kappa shape index (κ2) is 4.89. The van der Waals surface area contributed by atoms with Gasteiger partial charge >= 0.3 is 0 Å². The summed E-state index contributed by atoms with van der Waals surface area (Å²) < 4.78 is 12.1. The van der Waals surface area contributed by atoms with Crippen LogP contribution in [0.3, 0.4) is 0 Å². The maximum absolute atomic E-state index is 12.7. The Balaban J connectivity index is 1.69. The third kappa shape index (κ3) is 2.07. The van der Waals surface area contributed by atoms with E-state index in [0.29, 0.717) is 17.0 Å². The molecule has 5 heteroatoms. The van der Waals surface area contributed by atoms with E-state index < -0.39 is 5.79 Å². The molecule has 0 unspecified atom stereocenters. The van der Waals surface area contributed by atoms with Crippen molar-refractivity contribution in [2.45, 2.75) is 57.6 Å². The van der Waals surface area contributed by atoms with Crippen molar-refractivity contribution >= 4 is 11.8 Å². The molecular weight excluding hydrogens is 294 g/mol. The van der Waals surface area contributed by atoms with Crippen LogP contribution in [0.2, 0.25) is 0 Å². The van der Waals surface area contributed by atoms with Crippen molar-refractivity contribution < 1.29 is 19.1 Å². The summed E-state index contributed by atoms with van der Waals surface area (Å²) in [6.07, 6.45) is 1.40. The lowest BCUT2D eigenvalue weighted by Gasteiger charge is -2.28. The van der Waals surface area contributed by atoms with Crippen LogP contribution < -0.4 is 0 Å². The summed E-state index contributed by atoms with van der Waals surface area (Å²) in [6.45, 7) is 5.89. The molecule has 0 radical (unpaired) electrons. The third-order valence-electron chi connectivity index (χ3n) is 5.23. The minimum atomic E-state index is -0.667. The monoisotopic (exact) mass is 315 g/mol. The van der Waals surface area contributed by atoms with E-state index in [-0.39, 0.29) is 30.1 Å². The van der Waals surface area contributed by atoms with Gasteiger partial charge in [0.25, 0.3) is 11.8 Å². The van der Waals surface area contributed by atoms with Gasteiger partial charge in [0.15, 0.2) is 5.79 Å². The molecule has 122 valence electrons. The molecule has 2 aliphatic heterocycles. The van der Waals surface area contributed by atoms with Crippen molar-refractivity contribution in [3.63, 3.8) is 0 Å². The molecule has 2 heterocycles. The third-order valence-corrected chi connectivity index (χ3v) is 5.23. The number of carbonyl (C=O) groups excluding carboxylic acids is 2. The maximum atomic E-state index is 12.7. The Bertz CT molecular complexity index is 648. The Morgan fingerprint density at radius 3 is 2.22 bits per heavy atom. The zero-order chi connectivity index (χ0) is 16.4. The number of imide groups is 1. The molecule has 23 heavy (non-hydrogen) atoms. The summed E-state index contributed by atoms with van der Waals surface area (Å²) >= 11 is 0. The first kappa shape index (κ1) is 14.8. The molecule has 1 saturated carbocycles. The fraction of sp³-hybridized carbons (Fsp3) is 0.556. The van der Waals surface area contributed by atoms with Gasteiger partial charge in [-0.15, -0.1) is 0 Å². The van der Waals surface area contributed by atoms with Crippen LogP contribution in [0.1, 0.15) is 54.3 Å². The Hall–Kier alpha value is -1.72. The first-order valence-electron chi connectivity index (χ1n) is 8.25. The van der Waals surface area contributed by atoms with Crippen LogP contribution in [0, 0.1) is 5.92 Å². The van der Waals surface area contributed by atoms with Crippen molar-refractivity contribution in [1.29, 1.82) is 0 Å². The second-order valence-corrected chi connectivity index (χ2v) is 7.06. The number of ether oxygens (including phenoxy) is 2. The van der Waals surface area contributed by atoms with Gasteiger partial charge in [0, 0.05) is 0 Å². The Kier molecular flexibility index (Phi) is 3.15. The fourth-order valence-corrected chi connectivity index (χ4v) is 4.22. The zero-order valence-corrected chi connectivity index (χ0v) is 13.6. The molecule has 3 aliphatic rings. The minimum absolute atomic E-state index is 0.0516. The SMILES string of the molecule is CC[C@H]1C[C@@H](N2C(=O)c3ccccc3C2=O)[C@@H]2OC(C)(C)O[C@H]12. The van der Waals surface area contributed by atoms with Crippen molar-refractivity contribution in [2.24, 2.45) is 5.92 Å². The molecule has 4 atom stereocenters. The van der Waals surface area contributed by atoms with Gasteiger partial charge in [-0.2, -0.15) is 0 Å². The number of nitrogens with zero attached hydrogens (tertiary/aromatic N) is 1. The minimum Gasteiger partial charge on any atom is -0.344 e. The molecule has 4 rings (SSSR count). The van der Waals surface area contributed by atoms with Gasteiger partial charge in [-0.05, 0) is 38.3 Å². The van der Waals surface area contributed by atoms with Crippen LogP contribution >= 0.6 is 0 Å². The van der Waals surface area contributed by atoms with Crippen molar-refractivity contribution in [1.82, 2.24) is 4.90 Å². The maximum Gasteiger partial charge on any atom is 0.261 e. The Morgan fingerprint density at radius 2 is 1.65 bits per heavy atom. The molecule has 1 aromatic rings. The summed E-state index contributed by atoms with van der Waals surface area (Å²) in [6, 6.07) is 6.76. The number of amides is 2. The summed E-state index contributed by atoms with van der Waals surface area (Å²) in [5.74, 6) is -0.782. The summed E-state index contributed by atoms with van der Waals surface area (Å²) in [5, 5.41) is 0. The van der Waals surface area contributed by atoms with Gasteiger partial charge in [-0.3, -0.25) is 14.5 Å². The first-order chi connectivity index (χ1) is 10.9. The molecule has 5 nitrogen and oxygen atoms in total. The van der Waals surface area contributed by atoms with Crippen molar-refractivity contribution in [3.05, 3.63) is 35.4 Å². The largest absolute Gasteiger partial charge is 0.344 e. The van der Waals surface area contributed by atoms with Crippen LogP contribution in [0.25, 0.3) is 0 Å². The van der Waals surface area contributed by atoms with E-state index in [1.54, 1.807) is 24.3 Å². The second-order valence-electron chi connectivity index (χ2n) is 7.06. The van der Waals surface area contributed by atoms with E-state index in [1.165, 1.54) is 4.90 Å². The number of benzene rings is 1. The van der Waals surface area contributed by atoms with Gasteiger partial charge in [0.2, 0.25) is 0 Å². The van der Waals surface area contributed by atoms with E-state index in [9.17, 15) is 9.59 Å². The lowest BCUT2D eigenvalue weighted by molar-refractivity contribution is -0.160. The highest BCUT2D eigenvalue weighted by molar-refractivity contribution is 6.21. The molecule has 1 aromatic carbocycles. The molecule has 0 N–H and O–H groups in total. The Labute approximate surface area is 135 Å². The summed E-state index contributed by atoms with van der Waals surface area (Å²) in [7, 11) is 0. The van der Waals surface area contributed by atoms with Gasteiger partial charge < -0.3 is 9.47 Å². The molecule has 0 spiro atoms. The predicted octanol–water partition coefficient (Wildman–Crippen LogP) is 2.60. The Morgan fingerprint density at radius 1 is 1.09 bits per heavy atom. The van der Waals surface area contributed by atoms with Crippen LogP contribution in [0.5, 0.6) is 0 Å². The van der Waals surface area contributed by atoms with E-state index in [2.05, 4.69) is 6.92 Å². The molecule has 0 aromatic heterocycles. The van der Waals surface area contributed by atoms with Crippen LogP contribution in [0.4, 0.5) is 0 Å². The first-order valence-corrected chi connectivity index (χ1v) is 8.25. The highest BCUT2D eigenvalue weighted by atomic mass is 16.8. The summed E-state index contributed by atoms with van der Waals surface area (Å²) in [5.41, 5.74) is 0.986. The van der Waals surface area contributed by atoms with E-state index in [1.807, 2.05) is 13.8 Å². The van der Waals surface area contributed by atoms with Crippen molar-refractivity contribution in [3.8, 4) is 0 Å². The number of fused-ring (bicyclic) bond motifs is 2. The van der Waals surface area contributed by atoms with Crippen LogP contribution in [-0.4, -0.2) is 40.8 Å². The predicted molar refractivity (Wildman–Crippen MR) is 83.0 cm³/mol. The van der Waals surface area contributed by atoms with E-state index >= 15 is 0 Å². The van der Waals surface area contributed by atoms with Gasteiger partial charge in [0.1, 0.15) is 6.10 Å². The normalized spacial score (nSPS) is 34.8.